The fourth-order valence-corrected chi connectivity index (χ4v) is 2.64. The number of nitrogens with one attached hydrogen (secondary N) is 1. The quantitative estimate of drug-likeness (QED) is 0.669. The van der Waals surface area contributed by atoms with E-state index in [9.17, 15) is 14.3 Å². The molecule has 0 bridgehead atoms. The lowest BCUT2D eigenvalue weighted by Gasteiger charge is -2.30. The molecular weight excluding hydrogens is 278 g/mol. The number of hydrogen-bond donors (Lipinski definition) is 1. The average Bonchev–Trinajstić information content (AvgIpc) is 2.41. The first-order valence-corrected chi connectivity index (χ1v) is 7.88. The average molecular weight is 295 g/mol. The van der Waals surface area contributed by atoms with E-state index < -0.39 is 15.7 Å². The maximum atomic E-state index is 11.3. The fraction of sp³-hybridized carbons (Fsp3) is 0.385. The van der Waals surface area contributed by atoms with Crippen molar-refractivity contribution in [2.24, 2.45) is 0 Å². The summed E-state index contributed by atoms with van der Waals surface area (Å²) >= 11 is 0. The van der Waals surface area contributed by atoms with E-state index in [0.29, 0.717) is 12.4 Å². The molecule has 108 valence electrons. The van der Waals surface area contributed by atoms with Crippen molar-refractivity contribution in [3.8, 4) is 0 Å². The molecule has 2 rings (SSSR count). The zero-order chi connectivity index (χ0) is 14.5. The van der Waals surface area contributed by atoms with E-state index in [4.69, 9.17) is 0 Å². The zero-order valence-corrected chi connectivity index (χ0v) is 12.1. The third-order valence-electron chi connectivity index (χ3n) is 3.11. The van der Waals surface area contributed by atoms with Gasteiger partial charge in [-0.3, -0.25) is 14.3 Å². The fourth-order valence-electron chi connectivity index (χ4n) is 2.12. The van der Waals surface area contributed by atoms with Gasteiger partial charge in [-0.1, -0.05) is 12.1 Å². The van der Waals surface area contributed by atoms with E-state index in [1.165, 1.54) is 0 Å². The van der Waals surface area contributed by atoms with Crippen LogP contribution in [0.15, 0.2) is 41.2 Å². The molecule has 1 atom stereocenters. The van der Waals surface area contributed by atoms with Gasteiger partial charge in [-0.25, -0.2) is 0 Å². The van der Waals surface area contributed by atoms with Gasteiger partial charge in [0.1, 0.15) is 0 Å². The van der Waals surface area contributed by atoms with Gasteiger partial charge in [0, 0.05) is 41.6 Å². The van der Waals surface area contributed by atoms with Crippen LogP contribution in [0, 0.1) is 10.1 Å². The SMILES string of the molecule is CS(=O)c1ccc(CN2CCCNC2=C[N+](=O)[O-])cc1. The Morgan fingerprint density at radius 3 is 2.75 bits per heavy atom. The number of hydrogen-bond acceptors (Lipinski definition) is 5. The van der Waals surface area contributed by atoms with Crippen molar-refractivity contribution in [2.45, 2.75) is 17.9 Å². The van der Waals surface area contributed by atoms with Crippen molar-refractivity contribution < 1.29 is 9.13 Å². The molecule has 0 radical (unpaired) electrons. The summed E-state index contributed by atoms with van der Waals surface area (Å²) < 4.78 is 11.3. The second kappa shape index (κ2) is 6.51. The van der Waals surface area contributed by atoms with Crippen LogP contribution in [-0.2, 0) is 17.3 Å². The first-order chi connectivity index (χ1) is 9.56. The maximum absolute atomic E-state index is 11.3. The van der Waals surface area contributed by atoms with Gasteiger partial charge < -0.3 is 10.2 Å². The van der Waals surface area contributed by atoms with Crippen LogP contribution in [0.2, 0.25) is 0 Å². The Bertz CT molecular complexity index is 542. The van der Waals surface area contributed by atoms with Crippen molar-refractivity contribution in [1.29, 1.82) is 0 Å². The van der Waals surface area contributed by atoms with E-state index in [0.717, 1.165) is 36.2 Å². The smallest absolute Gasteiger partial charge is 0.274 e. The van der Waals surface area contributed by atoms with Gasteiger partial charge in [0.05, 0.1) is 4.92 Å². The van der Waals surface area contributed by atoms with Crippen LogP contribution in [0.25, 0.3) is 0 Å². The van der Waals surface area contributed by atoms with Crippen LogP contribution in [-0.4, -0.2) is 33.4 Å². The van der Waals surface area contributed by atoms with Gasteiger partial charge in [0.15, 0.2) is 5.82 Å². The number of nitro groups is 1. The molecule has 0 spiro atoms. The molecule has 6 nitrogen and oxygen atoms in total. The molecule has 1 aromatic carbocycles. The number of benzene rings is 1. The predicted molar refractivity (Wildman–Crippen MR) is 76.9 cm³/mol. The van der Waals surface area contributed by atoms with Crippen molar-refractivity contribution in [2.75, 3.05) is 19.3 Å². The van der Waals surface area contributed by atoms with Crippen LogP contribution < -0.4 is 5.32 Å². The van der Waals surface area contributed by atoms with Gasteiger partial charge in [-0.15, -0.1) is 0 Å². The Kier molecular flexibility index (Phi) is 4.73. The Balaban J connectivity index is 2.10. The number of nitrogens with zero attached hydrogens (tertiary/aromatic N) is 2. The Hall–Kier alpha value is -1.89. The van der Waals surface area contributed by atoms with Gasteiger partial charge in [0.2, 0.25) is 0 Å². The molecule has 1 aliphatic heterocycles. The monoisotopic (exact) mass is 295 g/mol. The Labute approximate surface area is 120 Å². The Morgan fingerprint density at radius 1 is 1.45 bits per heavy atom. The summed E-state index contributed by atoms with van der Waals surface area (Å²) in [5.41, 5.74) is 1.04. The summed E-state index contributed by atoms with van der Waals surface area (Å²) in [6, 6.07) is 7.49. The highest BCUT2D eigenvalue weighted by Gasteiger charge is 2.17. The van der Waals surface area contributed by atoms with E-state index in [1.54, 1.807) is 6.26 Å². The summed E-state index contributed by atoms with van der Waals surface area (Å²) in [4.78, 5) is 12.9. The van der Waals surface area contributed by atoms with Crippen LogP contribution in [0.4, 0.5) is 0 Å². The second-order valence-corrected chi connectivity index (χ2v) is 5.98. The van der Waals surface area contributed by atoms with E-state index >= 15 is 0 Å². The van der Waals surface area contributed by atoms with Gasteiger partial charge >= 0.3 is 0 Å². The normalized spacial score (nSPS) is 18.6. The van der Waals surface area contributed by atoms with E-state index in [-0.39, 0.29) is 0 Å². The molecule has 1 saturated heterocycles. The molecule has 0 saturated carbocycles. The molecule has 1 aliphatic rings. The third-order valence-corrected chi connectivity index (χ3v) is 4.04. The van der Waals surface area contributed by atoms with Gasteiger partial charge in [-0.05, 0) is 24.1 Å². The van der Waals surface area contributed by atoms with Crippen molar-refractivity contribution in [3.63, 3.8) is 0 Å². The highest BCUT2D eigenvalue weighted by Crippen LogP contribution is 2.15. The lowest BCUT2D eigenvalue weighted by Crippen LogP contribution is -2.39. The van der Waals surface area contributed by atoms with E-state index in [1.807, 2.05) is 29.2 Å². The number of rotatable bonds is 4. The Morgan fingerprint density at radius 2 is 2.15 bits per heavy atom. The minimum Gasteiger partial charge on any atom is -0.367 e. The molecule has 0 amide bonds. The summed E-state index contributed by atoms with van der Waals surface area (Å²) in [6.07, 6.45) is 3.60. The second-order valence-electron chi connectivity index (χ2n) is 4.60. The van der Waals surface area contributed by atoms with Crippen LogP contribution in [0.3, 0.4) is 0 Å². The minimum absolute atomic E-state index is 0.440. The lowest BCUT2D eigenvalue weighted by atomic mass is 10.2. The molecule has 1 aromatic rings. The first kappa shape index (κ1) is 14.5. The molecule has 0 aliphatic carbocycles. The van der Waals surface area contributed by atoms with Crippen LogP contribution in [0.5, 0.6) is 0 Å². The van der Waals surface area contributed by atoms with E-state index in [2.05, 4.69) is 5.32 Å². The van der Waals surface area contributed by atoms with Crippen molar-refractivity contribution in [1.82, 2.24) is 10.2 Å². The lowest BCUT2D eigenvalue weighted by molar-refractivity contribution is -0.405. The maximum Gasteiger partial charge on any atom is 0.274 e. The highest BCUT2D eigenvalue weighted by molar-refractivity contribution is 7.84. The summed E-state index contributed by atoms with van der Waals surface area (Å²) in [7, 11) is -0.985. The molecule has 0 aromatic heterocycles. The largest absolute Gasteiger partial charge is 0.367 e. The first-order valence-electron chi connectivity index (χ1n) is 6.33. The van der Waals surface area contributed by atoms with Gasteiger partial charge in [0.25, 0.3) is 6.20 Å². The predicted octanol–water partition coefficient (Wildman–Crippen LogP) is 1.29. The summed E-state index contributed by atoms with van der Waals surface area (Å²) in [5.74, 6) is 0.546. The standard InChI is InChI=1S/C13H17N3O3S/c1-20(19)12-5-3-11(4-6-12)9-15-8-2-7-14-13(15)10-16(17)18/h3-6,10,14H,2,7-9H2,1H3. The topological polar surface area (TPSA) is 75.5 Å². The highest BCUT2D eigenvalue weighted by atomic mass is 32.2. The van der Waals surface area contributed by atoms with Crippen molar-refractivity contribution >= 4 is 10.8 Å². The molecule has 1 fully saturated rings. The van der Waals surface area contributed by atoms with Crippen LogP contribution >= 0.6 is 0 Å². The summed E-state index contributed by atoms with van der Waals surface area (Å²) in [5, 5.41) is 13.7. The third kappa shape index (κ3) is 3.80. The van der Waals surface area contributed by atoms with Crippen molar-refractivity contribution in [3.05, 3.63) is 52.0 Å². The van der Waals surface area contributed by atoms with Crippen LogP contribution in [0.1, 0.15) is 12.0 Å². The molecule has 20 heavy (non-hydrogen) atoms. The molecule has 7 heteroatoms. The molecule has 1 heterocycles. The minimum atomic E-state index is -0.985. The zero-order valence-electron chi connectivity index (χ0n) is 11.2. The van der Waals surface area contributed by atoms with Gasteiger partial charge in [-0.2, -0.15) is 0 Å². The summed E-state index contributed by atoms with van der Waals surface area (Å²) in [6.45, 7) is 2.14. The molecular formula is C13H17N3O3S. The molecule has 1 unspecified atom stereocenters. The molecule has 1 N–H and O–H groups in total.